The number of fused-ring (bicyclic) bond motifs is 1. The molecule has 0 spiro atoms. The van der Waals surface area contributed by atoms with Gasteiger partial charge in [0, 0.05) is 42.5 Å². The van der Waals surface area contributed by atoms with Crippen LogP contribution in [0.5, 0.6) is 0 Å². The molecule has 1 aromatic carbocycles. The largest absolute Gasteiger partial charge is 0.372 e. The topological polar surface area (TPSA) is 67.7 Å². The second kappa shape index (κ2) is 9.90. The third-order valence-corrected chi connectivity index (χ3v) is 7.78. The van der Waals surface area contributed by atoms with Crippen LogP contribution >= 0.6 is 11.6 Å². The Morgan fingerprint density at radius 3 is 2.51 bits per heavy atom. The maximum atomic E-state index is 13.4. The van der Waals surface area contributed by atoms with E-state index in [1.165, 1.54) is 12.1 Å². The average molecular weight is 503 g/mol. The van der Waals surface area contributed by atoms with Crippen molar-refractivity contribution in [1.82, 2.24) is 19.6 Å². The van der Waals surface area contributed by atoms with E-state index in [2.05, 4.69) is 5.10 Å². The summed E-state index contributed by atoms with van der Waals surface area (Å²) in [6.45, 7) is 6.45. The molecule has 0 bridgehead atoms. The number of hydrogen-bond donors (Lipinski definition) is 0. The molecule has 0 saturated carbocycles. The van der Waals surface area contributed by atoms with Gasteiger partial charge >= 0.3 is 0 Å². The fraction of sp³-hybridized carbons (Fsp3) is 0.577. The van der Waals surface area contributed by atoms with Crippen molar-refractivity contribution in [2.24, 2.45) is 0 Å². The van der Waals surface area contributed by atoms with Gasteiger partial charge in [0.1, 0.15) is 12.4 Å². The van der Waals surface area contributed by atoms with E-state index in [9.17, 15) is 14.0 Å². The molecule has 0 N–H and O–H groups in total. The molecule has 3 heterocycles. The molecule has 35 heavy (non-hydrogen) atoms. The van der Waals surface area contributed by atoms with Crippen LogP contribution in [0, 0.1) is 5.82 Å². The van der Waals surface area contributed by atoms with Crippen molar-refractivity contribution in [2.45, 2.75) is 70.6 Å². The van der Waals surface area contributed by atoms with Gasteiger partial charge < -0.3 is 14.5 Å². The Morgan fingerprint density at radius 1 is 1.11 bits per heavy atom. The second-order valence-corrected chi connectivity index (χ2v) is 10.5. The van der Waals surface area contributed by atoms with Crippen molar-refractivity contribution >= 4 is 23.4 Å². The number of piperidine rings is 1. The van der Waals surface area contributed by atoms with Gasteiger partial charge in [-0.05, 0) is 69.6 Å². The number of amides is 2. The summed E-state index contributed by atoms with van der Waals surface area (Å²) in [4.78, 5) is 30.2. The third-order valence-electron chi connectivity index (χ3n) is 7.45. The minimum Gasteiger partial charge on any atom is -0.372 e. The Balaban J connectivity index is 1.25. The molecule has 0 radical (unpaired) electrons. The van der Waals surface area contributed by atoms with E-state index < -0.39 is 0 Å². The van der Waals surface area contributed by atoms with Gasteiger partial charge in [0.25, 0.3) is 5.91 Å². The highest BCUT2D eigenvalue weighted by atomic mass is 35.5. The lowest BCUT2D eigenvalue weighted by atomic mass is 9.89. The SMILES string of the molecule is C[C@@H]1CN(C(=O)c2nn(CC(=O)N3CCC(c4ccc(F)cc4Cl)CC3)c3c2CCC3)C[C@H](C)O1. The van der Waals surface area contributed by atoms with Gasteiger partial charge in [-0.25, -0.2) is 4.39 Å². The molecule has 5 rings (SSSR count). The van der Waals surface area contributed by atoms with Gasteiger partial charge in [-0.15, -0.1) is 0 Å². The number of nitrogens with zero attached hydrogens (tertiary/aromatic N) is 4. The monoisotopic (exact) mass is 502 g/mol. The van der Waals surface area contributed by atoms with Crippen LogP contribution in [0.15, 0.2) is 18.2 Å². The Hall–Kier alpha value is -2.45. The molecule has 0 unspecified atom stereocenters. The van der Waals surface area contributed by atoms with Crippen LogP contribution in [-0.2, 0) is 28.9 Å². The van der Waals surface area contributed by atoms with Crippen molar-refractivity contribution in [2.75, 3.05) is 26.2 Å². The maximum Gasteiger partial charge on any atom is 0.274 e. The molecule has 2 saturated heterocycles. The smallest absolute Gasteiger partial charge is 0.274 e. The Labute approximate surface area is 210 Å². The number of hydrogen-bond acceptors (Lipinski definition) is 4. The highest BCUT2D eigenvalue weighted by Crippen LogP contribution is 2.33. The van der Waals surface area contributed by atoms with Crippen LogP contribution in [-0.4, -0.2) is 69.8 Å². The van der Waals surface area contributed by atoms with Crippen LogP contribution in [0.1, 0.15) is 66.3 Å². The summed E-state index contributed by atoms with van der Waals surface area (Å²) >= 11 is 6.25. The van der Waals surface area contributed by atoms with Crippen LogP contribution in [0.2, 0.25) is 5.02 Å². The van der Waals surface area contributed by atoms with E-state index in [0.29, 0.717) is 36.9 Å². The zero-order valence-electron chi connectivity index (χ0n) is 20.3. The molecule has 9 heteroatoms. The molecular formula is C26H32ClFN4O3. The number of likely N-dealkylation sites (tertiary alicyclic amines) is 1. The second-order valence-electron chi connectivity index (χ2n) is 10.1. The zero-order valence-corrected chi connectivity index (χ0v) is 21.1. The molecule has 2 amide bonds. The summed E-state index contributed by atoms with van der Waals surface area (Å²) in [6, 6.07) is 4.54. The molecule has 2 aliphatic heterocycles. The van der Waals surface area contributed by atoms with E-state index in [1.54, 1.807) is 10.7 Å². The van der Waals surface area contributed by atoms with Crippen molar-refractivity contribution < 1.29 is 18.7 Å². The van der Waals surface area contributed by atoms with Gasteiger partial charge in [-0.2, -0.15) is 5.10 Å². The molecule has 188 valence electrons. The first-order chi connectivity index (χ1) is 16.8. The number of aromatic nitrogens is 2. The van der Waals surface area contributed by atoms with E-state index in [1.807, 2.05) is 23.6 Å². The Morgan fingerprint density at radius 2 is 1.83 bits per heavy atom. The highest BCUT2D eigenvalue weighted by Gasteiger charge is 2.33. The van der Waals surface area contributed by atoms with Crippen molar-refractivity contribution in [1.29, 1.82) is 0 Å². The predicted molar refractivity (Wildman–Crippen MR) is 130 cm³/mol. The lowest BCUT2D eigenvalue weighted by molar-refractivity contribution is -0.133. The summed E-state index contributed by atoms with van der Waals surface area (Å²) in [5, 5.41) is 5.11. The lowest BCUT2D eigenvalue weighted by Gasteiger charge is -2.35. The number of benzene rings is 1. The van der Waals surface area contributed by atoms with E-state index in [4.69, 9.17) is 16.3 Å². The van der Waals surface area contributed by atoms with Crippen LogP contribution < -0.4 is 0 Å². The first-order valence-corrected chi connectivity index (χ1v) is 12.9. The fourth-order valence-electron chi connectivity index (χ4n) is 5.81. The van der Waals surface area contributed by atoms with Gasteiger partial charge in [-0.1, -0.05) is 17.7 Å². The number of carbonyl (C=O) groups is 2. The number of carbonyl (C=O) groups excluding carboxylic acids is 2. The lowest BCUT2D eigenvalue weighted by Crippen LogP contribution is -2.48. The summed E-state index contributed by atoms with van der Waals surface area (Å²) in [7, 11) is 0. The minimum absolute atomic E-state index is 0.00729. The third kappa shape index (κ3) is 4.96. The minimum atomic E-state index is -0.339. The van der Waals surface area contributed by atoms with Gasteiger partial charge in [0.05, 0.1) is 12.2 Å². The molecule has 2 fully saturated rings. The summed E-state index contributed by atoms with van der Waals surface area (Å²) in [5.74, 6) is -0.177. The standard InChI is InChI=1S/C26H32ClFN4O3/c1-16-13-31(14-17(2)35-16)26(34)25-21-4-3-5-23(21)32(29-25)15-24(33)30-10-8-18(9-11-30)20-7-6-19(28)12-22(20)27/h6-7,12,16-18H,3-5,8-11,13-15H2,1-2H3/t16-,17+. The molecular weight excluding hydrogens is 471 g/mol. The van der Waals surface area contributed by atoms with E-state index >= 15 is 0 Å². The van der Waals surface area contributed by atoms with E-state index in [0.717, 1.165) is 48.9 Å². The van der Waals surface area contributed by atoms with Crippen molar-refractivity contribution in [3.63, 3.8) is 0 Å². The van der Waals surface area contributed by atoms with E-state index in [-0.39, 0.29) is 42.3 Å². The summed E-state index contributed by atoms with van der Waals surface area (Å²) in [5.41, 5.74) is 3.46. The zero-order chi connectivity index (χ0) is 24.7. The first-order valence-electron chi connectivity index (χ1n) is 12.6. The average Bonchev–Trinajstić information content (AvgIpc) is 3.42. The molecule has 7 nitrogen and oxygen atoms in total. The van der Waals surface area contributed by atoms with Gasteiger partial charge in [0.15, 0.2) is 5.69 Å². The summed E-state index contributed by atoms with van der Waals surface area (Å²) < 4.78 is 20.9. The molecule has 1 aliphatic carbocycles. The summed E-state index contributed by atoms with van der Waals surface area (Å²) in [6.07, 6.45) is 4.19. The van der Waals surface area contributed by atoms with Crippen molar-refractivity contribution in [3.8, 4) is 0 Å². The molecule has 3 aliphatic rings. The quantitative estimate of drug-likeness (QED) is 0.637. The maximum absolute atomic E-state index is 13.4. The van der Waals surface area contributed by atoms with Crippen LogP contribution in [0.4, 0.5) is 4.39 Å². The number of halogens is 2. The predicted octanol–water partition coefficient (Wildman–Crippen LogP) is 3.82. The Bertz CT molecular complexity index is 1120. The molecule has 2 atom stereocenters. The number of ether oxygens (including phenoxy) is 1. The van der Waals surface area contributed by atoms with Crippen LogP contribution in [0.25, 0.3) is 0 Å². The van der Waals surface area contributed by atoms with Crippen molar-refractivity contribution in [3.05, 3.63) is 51.6 Å². The molecule has 1 aromatic heterocycles. The van der Waals surface area contributed by atoms with Crippen LogP contribution in [0.3, 0.4) is 0 Å². The number of rotatable bonds is 4. The first kappa shape index (κ1) is 24.3. The Kier molecular flexibility index (Phi) is 6.86. The number of morpholine rings is 1. The van der Waals surface area contributed by atoms with Gasteiger partial charge in [0.2, 0.25) is 5.91 Å². The molecule has 2 aromatic rings. The normalized spacial score (nSPS) is 23.0. The van der Waals surface area contributed by atoms with Gasteiger partial charge in [-0.3, -0.25) is 14.3 Å². The fourth-order valence-corrected chi connectivity index (χ4v) is 6.13. The highest BCUT2D eigenvalue weighted by molar-refractivity contribution is 6.31.